The second kappa shape index (κ2) is 8.17. The number of nitrogens with zero attached hydrogens (tertiary/aromatic N) is 1. The van der Waals surface area contributed by atoms with Crippen LogP contribution in [0.4, 0.5) is 5.69 Å². The van der Waals surface area contributed by atoms with Gasteiger partial charge in [0.05, 0.1) is 22.3 Å². The molecule has 1 aliphatic rings. The van der Waals surface area contributed by atoms with E-state index in [0.717, 1.165) is 9.87 Å². The summed E-state index contributed by atoms with van der Waals surface area (Å²) in [5.74, 6) is -1.67. The van der Waals surface area contributed by atoms with Crippen molar-refractivity contribution in [1.29, 1.82) is 0 Å². The fourth-order valence-corrected chi connectivity index (χ4v) is 5.44. The molecule has 1 heterocycles. The van der Waals surface area contributed by atoms with E-state index in [1.54, 1.807) is 19.1 Å². The number of amides is 2. The molecular formula is C19H21N3O6S2. The molecule has 0 saturated carbocycles. The van der Waals surface area contributed by atoms with Crippen molar-refractivity contribution in [3.63, 3.8) is 0 Å². The number of sulfonamides is 2. The van der Waals surface area contributed by atoms with Crippen LogP contribution in [0.3, 0.4) is 0 Å². The van der Waals surface area contributed by atoms with Crippen molar-refractivity contribution in [2.24, 2.45) is 11.1 Å². The second-order valence-corrected chi connectivity index (χ2v) is 10.4. The molecule has 0 spiro atoms. The third-order valence-electron chi connectivity index (χ3n) is 4.68. The molecule has 2 aromatic carbocycles. The summed E-state index contributed by atoms with van der Waals surface area (Å²) in [5, 5.41) is 7.78. The van der Waals surface area contributed by atoms with Crippen LogP contribution in [-0.4, -0.2) is 40.9 Å². The summed E-state index contributed by atoms with van der Waals surface area (Å²) in [4.78, 5) is 24.4. The van der Waals surface area contributed by atoms with Gasteiger partial charge in [0.2, 0.25) is 26.0 Å². The minimum atomic E-state index is -3.75. The van der Waals surface area contributed by atoms with Gasteiger partial charge in [-0.25, -0.2) is 26.3 Å². The van der Waals surface area contributed by atoms with E-state index in [4.69, 9.17) is 5.14 Å². The summed E-state index contributed by atoms with van der Waals surface area (Å²) >= 11 is 0. The Bertz CT molecular complexity index is 1170. The number of primary sulfonamides is 1. The topological polar surface area (TPSA) is 144 Å². The van der Waals surface area contributed by atoms with Gasteiger partial charge in [-0.3, -0.25) is 9.59 Å². The first-order valence-electron chi connectivity index (χ1n) is 9.06. The van der Waals surface area contributed by atoms with Crippen LogP contribution in [0.2, 0.25) is 0 Å². The SMILES string of the molecule is C[C@H]1CS(=O)(=O)N(c2ccc(C(=O)NCCc3ccc(S(N)(=O)=O)cc3)cc2)C1=O. The molecule has 0 unspecified atom stereocenters. The summed E-state index contributed by atoms with van der Waals surface area (Å²) in [5.41, 5.74) is 1.35. The number of hydrogen-bond acceptors (Lipinski definition) is 6. The molecule has 9 nitrogen and oxygen atoms in total. The molecule has 1 atom stereocenters. The zero-order valence-electron chi connectivity index (χ0n) is 16.1. The molecule has 0 aromatic heterocycles. The highest BCUT2D eigenvalue weighted by atomic mass is 32.2. The van der Waals surface area contributed by atoms with Gasteiger partial charge < -0.3 is 5.32 Å². The maximum absolute atomic E-state index is 12.3. The van der Waals surface area contributed by atoms with Crippen molar-refractivity contribution < 1.29 is 26.4 Å². The van der Waals surface area contributed by atoms with Crippen LogP contribution < -0.4 is 14.8 Å². The molecule has 30 heavy (non-hydrogen) atoms. The van der Waals surface area contributed by atoms with Gasteiger partial charge in [-0.1, -0.05) is 19.1 Å². The largest absolute Gasteiger partial charge is 0.352 e. The number of carbonyl (C=O) groups is 2. The highest BCUT2D eigenvalue weighted by Crippen LogP contribution is 2.28. The van der Waals surface area contributed by atoms with Crippen LogP contribution in [0.5, 0.6) is 0 Å². The standard InChI is InChI=1S/C19H21N3O6S2/c1-13-12-29(25,26)22(19(13)24)16-6-4-15(5-7-16)18(23)21-11-10-14-2-8-17(9-3-14)30(20,27)28/h2-9,13H,10-12H2,1H3,(H,21,23)(H2,20,27,28)/t13-/m0/s1. The van der Waals surface area contributed by atoms with Gasteiger partial charge in [0.1, 0.15) is 0 Å². The Morgan fingerprint density at radius 3 is 2.23 bits per heavy atom. The summed E-state index contributed by atoms with van der Waals surface area (Å²) in [6, 6.07) is 11.8. The number of rotatable bonds is 6. The molecule has 3 N–H and O–H groups in total. The number of nitrogens with one attached hydrogen (secondary N) is 1. The van der Waals surface area contributed by atoms with Gasteiger partial charge >= 0.3 is 0 Å². The van der Waals surface area contributed by atoms with Gasteiger partial charge in [0.25, 0.3) is 5.91 Å². The summed E-state index contributed by atoms with van der Waals surface area (Å²) in [6.07, 6.45) is 0.479. The molecule has 160 valence electrons. The first-order valence-corrected chi connectivity index (χ1v) is 12.2. The molecular weight excluding hydrogens is 430 g/mol. The number of benzene rings is 2. The lowest BCUT2D eigenvalue weighted by molar-refractivity contribution is -0.119. The van der Waals surface area contributed by atoms with E-state index in [1.165, 1.54) is 36.4 Å². The fourth-order valence-electron chi connectivity index (χ4n) is 3.10. The minimum Gasteiger partial charge on any atom is -0.352 e. The molecule has 2 amide bonds. The molecule has 3 rings (SSSR count). The fraction of sp³-hybridized carbons (Fsp3) is 0.263. The van der Waals surface area contributed by atoms with Crippen molar-refractivity contribution in [2.45, 2.75) is 18.2 Å². The van der Waals surface area contributed by atoms with E-state index in [1.807, 2.05) is 0 Å². The lowest BCUT2D eigenvalue weighted by atomic mass is 10.1. The molecule has 0 bridgehead atoms. The van der Waals surface area contributed by atoms with Gasteiger partial charge in [0.15, 0.2) is 0 Å². The van der Waals surface area contributed by atoms with Gasteiger partial charge in [-0.05, 0) is 48.4 Å². The predicted octanol–water partition coefficient (Wildman–Crippen LogP) is 0.619. The van der Waals surface area contributed by atoms with Crippen molar-refractivity contribution in [3.05, 3.63) is 59.7 Å². The molecule has 0 aliphatic carbocycles. The van der Waals surface area contributed by atoms with E-state index in [2.05, 4.69) is 5.32 Å². The Morgan fingerprint density at radius 2 is 1.73 bits per heavy atom. The quantitative estimate of drug-likeness (QED) is 0.659. The second-order valence-electron chi connectivity index (χ2n) is 7.02. The predicted molar refractivity (Wildman–Crippen MR) is 111 cm³/mol. The smallest absolute Gasteiger partial charge is 0.251 e. The third-order valence-corrected chi connectivity index (χ3v) is 7.47. The van der Waals surface area contributed by atoms with Crippen molar-refractivity contribution >= 4 is 37.5 Å². The Balaban J connectivity index is 1.60. The van der Waals surface area contributed by atoms with E-state index in [9.17, 15) is 26.4 Å². The number of nitrogens with two attached hydrogens (primary N) is 1. The molecule has 2 aromatic rings. The zero-order chi connectivity index (χ0) is 22.1. The molecule has 1 aliphatic heterocycles. The van der Waals surface area contributed by atoms with E-state index >= 15 is 0 Å². The van der Waals surface area contributed by atoms with Crippen LogP contribution in [0.25, 0.3) is 0 Å². The molecule has 11 heteroatoms. The Hall–Kier alpha value is -2.76. The van der Waals surface area contributed by atoms with Crippen LogP contribution in [0, 0.1) is 5.92 Å². The van der Waals surface area contributed by atoms with Gasteiger partial charge in [0, 0.05) is 12.1 Å². The third kappa shape index (κ3) is 4.69. The van der Waals surface area contributed by atoms with Crippen molar-refractivity contribution in [3.8, 4) is 0 Å². The summed E-state index contributed by atoms with van der Waals surface area (Å²) in [7, 11) is -7.44. The Kier molecular flexibility index (Phi) is 5.97. The Labute approximate surface area is 175 Å². The van der Waals surface area contributed by atoms with E-state index in [-0.39, 0.29) is 22.2 Å². The van der Waals surface area contributed by atoms with Crippen molar-refractivity contribution in [2.75, 3.05) is 16.6 Å². The minimum absolute atomic E-state index is 0.0169. The highest BCUT2D eigenvalue weighted by molar-refractivity contribution is 7.94. The van der Waals surface area contributed by atoms with Crippen LogP contribution in [0.15, 0.2) is 53.4 Å². The lowest BCUT2D eigenvalue weighted by Gasteiger charge is -2.15. The van der Waals surface area contributed by atoms with Crippen molar-refractivity contribution in [1.82, 2.24) is 5.32 Å². The molecule has 1 saturated heterocycles. The maximum atomic E-state index is 12.3. The number of hydrogen-bond donors (Lipinski definition) is 2. The van der Waals surface area contributed by atoms with E-state index < -0.39 is 31.9 Å². The Morgan fingerprint density at radius 1 is 1.13 bits per heavy atom. The van der Waals surface area contributed by atoms with Crippen LogP contribution in [0.1, 0.15) is 22.8 Å². The first-order chi connectivity index (χ1) is 14.0. The summed E-state index contributed by atoms with van der Waals surface area (Å²) < 4.78 is 47.6. The van der Waals surface area contributed by atoms with Crippen LogP contribution >= 0.6 is 0 Å². The normalized spacial score (nSPS) is 18.4. The maximum Gasteiger partial charge on any atom is 0.251 e. The lowest BCUT2D eigenvalue weighted by Crippen LogP contribution is -2.30. The molecule has 1 fully saturated rings. The van der Waals surface area contributed by atoms with Crippen LogP contribution in [-0.2, 0) is 31.3 Å². The average molecular weight is 452 g/mol. The summed E-state index contributed by atoms with van der Waals surface area (Å²) in [6.45, 7) is 1.87. The first kappa shape index (κ1) is 21.9. The molecule has 0 radical (unpaired) electrons. The monoisotopic (exact) mass is 451 g/mol. The van der Waals surface area contributed by atoms with Gasteiger partial charge in [-0.2, -0.15) is 0 Å². The van der Waals surface area contributed by atoms with Gasteiger partial charge in [-0.15, -0.1) is 0 Å². The zero-order valence-corrected chi connectivity index (χ0v) is 17.7. The highest BCUT2D eigenvalue weighted by Gasteiger charge is 2.41. The number of anilines is 1. The van der Waals surface area contributed by atoms with E-state index in [0.29, 0.717) is 18.5 Å². The number of carbonyl (C=O) groups excluding carboxylic acids is 2. The average Bonchev–Trinajstić information content (AvgIpc) is 2.88.